The predicted octanol–water partition coefficient (Wildman–Crippen LogP) is 4.22. The van der Waals surface area contributed by atoms with E-state index in [4.69, 9.17) is 11.6 Å². The van der Waals surface area contributed by atoms with Crippen LogP contribution in [0.15, 0.2) is 47.6 Å². The molecule has 0 spiro atoms. The van der Waals surface area contributed by atoms with Crippen LogP contribution in [-0.4, -0.2) is 17.5 Å². The number of amides is 2. The van der Waals surface area contributed by atoms with E-state index in [2.05, 4.69) is 15.8 Å². The van der Waals surface area contributed by atoms with Crippen LogP contribution in [0.5, 0.6) is 0 Å². The molecule has 2 rings (SSSR count). The Labute approximate surface area is 158 Å². The molecule has 5 nitrogen and oxygen atoms in total. The lowest BCUT2D eigenvalue weighted by Crippen LogP contribution is -2.22. The fourth-order valence-corrected chi connectivity index (χ4v) is 2.50. The van der Waals surface area contributed by atoms with Gasteiger partial charge in [0, 0.05) is 23.6 Å². The molecule has 0 bridgehead atoms. The third-order valence-electron chi connectivity index (χ3n) is 3.86. The second kappa shape index (κ2) is 9.15. The van der Waals surface area contributed by atoms with E-state index in [1.165, 1.54) is 0 Å². The first-order chi connectivity index (χ1) is 12.3. The number of nitrogens with zero attached hydrogens (tertiary/aromatic N) is 1. The van der Waals surface area contributed by atoms with Crippen LogP contribution < -0.4 is 10.7 Å². The van der Waals surface area contributed by atoms with Crippen LogP contribution in [0.3, 0.4) is 0 Å². The smallest absolute Gasteiger partial charge is 0.240 e. The lowest BCUT2D eigenvalue weighted by molar-refractivity contribution is -0.124. The highest BCUT2D eigenvalue weighted by Crippen LogP contribution is 2.19. The van der Waals surface area contributed by atoms with Crippen LogP contribution in [0.25, 0.3) is 0 Å². The second-order valence-corrected chi connectivity index (χ2v) is 6.54. The number of hydrazone groups is 1. The van der Waals surface area contributed by atoms with Gasteiger partial charge in [-0.3, -0.25) is 9.59 Å². The highest BCUT2D eigenvalue weighted by molar-refractivity contribution is 6.30. The minimum Gasteiger partial charge on any atom is -0.326 e. The van der Waals surface area contributed by atoms with Crippen LogP contribution in [-0.2, 0) is 9.59 Å². The van der Waals surface area contributed by atoms with E-state index in [1.807, 2.05) is 45.0 Å². The molecule has 2 N–H and O–H groups in total. The van der Waals surface area contributed by atoms with E-state index in [0.29, 0.717) is 16.4 Å². The first-order valence-corrected chi connectivity index (χ1v) is 8.69. The van der Waals surface area contributed by atoms with Crippen molar-refractivity contribution in [3.63, 3.8) is 0 Å². The standard InChI is InChI=1S/C20H22ClN3O2/c1-13-4-6-16(7-5-13)15(3)23-24-20(26)11-10-19(25)22-18-9-8-17(21)12-14(18)2/h4-9,12H,10-11H2,1-3H3,(H,22,25)(H,24,26)/b23-15+. The molecular weight excluding hydrogens is 350 g/mol. The van der Waals surface area contributed by atoms with E-state index in [9.17, 15) is 9.59 Å². The van der Waals surface area contributed by atoms with Crippen molar-refractivity contribution in [2.45, 2.75) is 33.6 Å². The first kappa shape index (κ1) is 19.7. The van der Waals surface area contributed by atoms with Crippen molar-refractivity contribution in [1.82, 2.24) is 5.43 Å². The van der Waals surface area contributed by atoms with Gasteiger partial charge in [-0.15, -0.1) is 0 Å². The van der Waals surface area contributed by atoms with Gasteiger partial charge in [-0.05, 0) is 50.1 Å². The van der Waals surface area contributed by atoms with Crippen LogP contribution in [0.1, 0.15) is 36.5 Å². The summed E-state index contributed by atoms with van der Waals surface area (Å²) in [6.45, 7) is 5.69. The Bertz CT molecular complexity index is 829. The summed E-state index contributed by atoms with van der Waals surface area (Å²) in [5, 5.41) is 7.47. The molecule has 0 saturated heterocycles. The third-order valence-corrected chi connectivity index (χ3v) is 4.09. The summed E-state index contributed by atoms with van der Waals surface area (Å²) in [4.78, 5) is 23.9. The number of carbonyl (C=O) groups excluding carboxylic acids is 2. The normalized spacial score (nSPS) is 11.2. The maximum absolute atomic E-state index is 12.0. The average molecular weight is 372 g/mol. The summed E-state index contributed by atoms with van der Waals surface area (Å²) in [7, 11) is 0. The molecule has 0 unspecified atom stereocenters. The topological polar surface area (TPSA) is 70.6 Å². The molecule has 0 heterocycles. The van der Waals surface area contributed by atoms with Crippen LogP contribution >= 0.6 is 11.6 Å². The number of carbonyl (C=O) groups is 2. The first-order valence-electron chi connectivity index (χ1n) is 8.31. The molecule has 136 valence electrons. The zero-order valence-corrected chi connectivity index (χ0v) is 15.9. The van der Waals surface area contributed by atoms with Crippen molar-refractivity contribution in [3.05, 3.63) is 64.2 Å². The van der Waals surface area contributed by atoms with Gasteiger partial charge in [0.15, 0.2) is 0 Å². The van der Waals surface area contributed by atoms with E-state index >= 15 is 0 Å². The fourth-order valence-electron chi connectivity index (χ4n) is 2.27. The molecule has 0 aromatic heterocycles. The van der Waals surface area contributed by atoms with Crippen molar-refractivity contribution in [2.24, 2.45) is 5.10 Å². The van der Waals surface area contributed by atoms with Gasteiger partial charge in [0.1, 0.15) is 0 Å². The Morgan fingerprint density at radius 2 is 1.65 bits per heavy atom. The molecule has 0 fully saturated rings. The van der Waals surface area contributed by atoms with Gasteiger partial charge in [-0.2, -0.15) is 5.10 Å². The highest BCUT2D eigenvalue weighted by Gasteiger charge is 2.09. The molecule has 2 aromatic carbocycles. The van der Waals surface area contributed by atoms with Gasteiger partial charge in [0.05, 0.1) is 5.71 Å². The fraction of sp³-hybridized carbons (Fsp3) is 0.250. The Morgan fingerprint density at radius 3 is 2.31 bits per heavy atom. The van der Waals surface area contributed by atoms with E-state index in [0.717, 1.165) is 16.7 Å². The van der Waals surface area contributed by atoms with Gasteiger partial charge in [-0.25, -0.2) is 5.43 Å². The maximum Gasteiger partial charge on any atom is 0.240 e. The number of benzene rings is 2. The number of aryl methyl sites for hydroxylation is 2. The highest BCUT2D eigenvalue weighted by atomic mass is 35.5. The van der Waals surface area contributed by atoms with Crippen LogP contribution in [0.4, 0.5) is 5.69 Å². The molecule has 0 saturated carbocycles. The lowest BCUT2D eigenvalue weighted by atomic mass is 10.1. The van der Waals surface area contributed by atoms with Crippen molar-refractivity contribution in [2.75, 3.05) is 5.32 Å². The van der Waals surface area contributed by atoms with Gasteiger partial charge in [0.2, 0.25) is 11.8 Å². The summed E-state index contributed by atoms with van der Waals surface area (Å²) < 4.78 is 0. The number of halogens is 1. The number of hydrogen-bond donors (Lipinski definition) is 2. The second-order valence-electron chi connectivity index (χ2n) is 6.11. The Hall–Kier alpha value is -2.66. The van der Waals surface area contributed by atoms with Crippen LogP contribution in [0.2, 0.25) is 5.02 Å². The van der Waals surface area contributed by atoms with E-state index in [-0.39, 0.29) is 24.7 Å². The zero-order chi connectivity index (χ0) is 19.1. The summed E-state index contributed by atoms with van der Waals surface area (Å²) in [6, 6.07) is 13.1. The number of hydrogen-bond acceptors (Lipinski definition) is 3. The molecular formula is C20H22ClN3O2. The molecule has 0 aliphatic rings. The van der Waals surface area contributed by atoms with Crippen molar-refractivity contribution >= 4 is 34.8 Å². The molecule has 0 aliphatic heterocycles. The van der Waals surface area contributed by atoms with Gasteiger partial charge in [-0.1, -0.05) is 41.4 Å². The molecule has 0 atom stereocenters. The Morgan fingerprint density at radius 1 is 1.00 bits per heavy atom. The van der Waals surface area contributed by atoms with E-state index < -0.39 is 0 Å². The molecule has 0 aliphatic carbocycles. The average Bonchev–Trinajstić information content (AvgIpc) is 2.61. The minimum atomic E-state index is -0.306. The largest absolute Gasteiger partial charge is 0.326 e. The van der Waals surface area contributed by atoms with Crippen molar-refractivity contribution in [1.29, 1.82) is 0 Å². The van der Waals surface area contributed by atoms with Crippen LogP contribution in [0, 0.1) is 13.8 Å². The Balaban J connectivity index is 1.81. The van der Waals surface area contributed by atoms with Crippen molar-refractivity contribution in [3.8, 4) is 0 Å². The third kappa shape index (κ3) is 6.01. The number of nitrogens with one attached hydrogen (secondary N) is 2. The van der Waals surface area contributed by atoms with Gasteiger partial charge in [0.25, 0.3) is 0 Å². The summed E-state index contributed by atoms with van der Waals surface area (Å²) in [6.07, 6.45) is 0.135. The summed E-state index contributed by atoms with van der Waals surface area (Å²) in [5.41, 5.74) is 6.85. The SMILES string of the molecule is C/C(=N\NC(=O)CCC(=O)Nc1ccc(Cl)cc1C)c1ccc(C)cc1. The predicted molar refractivity (Wildman–Crippen MR) is 106 cm³/mol. The monoisotopic (exact) mass is 371 g/mol. The van der Waals surface area contributed by atoms with E-state index in [1.54, 1.807) is 18.2 Å². The quantitative estimate of drug-likeness (QED) is 0.589. The minimum absolute atomic E-state index is 0.0587. The molecule has 0 radical (unpaired) electrons. The maximum atomic E-state index is 12.0. The number of rotatable bonds is 6. The zero-order valence-electron chi connectivity index (χ0n) is 15.1. The van der Waals surface area contributed by atoms with Crippen molar-refractivity contribution < 1.29 is 9.59 Å². The lowest BCUT2D eigenvalue weighted by Gasteiger charge is -2.08. The summed E-state index contributed by atoms with van der Waals surface area (Å²) >= 11 is 5.89. The summed E-state index contributed by atoms with van der Waals surface area (Å²) in [5.74, 6) is -0.538. The molecule has 2 amide bonds. The Kier molecular flexibility index (Phi) is 6.92. The molecule has 2 aromatic rings. The molecule has 6 heteroatoms. The number of anilines is 1. The van der Waals surface area contributed by atoms with Gasteiger partial charge >= 0.3 is 0 Å². The van der Waals surface area contributed by atoms with Gasteiger partial charge < -0.3 is 5.32 Å². The molecule has 26 heavy (non-hydrogen) atoms.